The predicted octanol–water partition coefficient (Wildman–Crippen LogP) is 4.62. The van der Waals surface area contributed by atoms with Crippen molar-refractivity contribution < 1.29 is 23.0 Å². The smallest absolute Gasteiger partial charge is 0.319 e. The van der Waals surface area contributed by atoms with Crippen LogP contribution in [0.15, 0.2) is 42.6 Å². The van der Waals surface area contributed by atoms with Crippen LogP contribution in [0.5, 0.6) is 6.01 Å². The zero-order valence-corrected chi connectivity index (χ0v) is 28.6. The van der Waals surface area contributed by atoms with Crippen molar-refractivity contribution in [3.05, 3.63) is 53.4 Å². The molecule has 2 aromatic heterocycles. The van der Waals surface area contributed by atoms with E-state index in [9.17, 15) is 9.18 Å². The Hall–Kier alpha value is -4.15. The van der Waals surface area contributed by atoms with Crippen LogP contribution < -0.4 is 15.0 Å². The van der Waals surface area contributed by atoms with Crippen LogP contribution in [0, 0.1) is 17.7 Å². The molecule has 4 aromatic rings. The number of nitrogens with zero attached hydrogens (tertiary/aromatic N) is 6. The van der Waals surface area contributed by atoms with E-state index in [-0.39, 0.29) is 41.8 Å². The lowest BCUT2D eigenvalue weighted by atomic mass is 9.95. The molecule has 2 aromatic carbocycles. The number of hydrogen-bond donors (Lipinski definition) is 1. The number of morpholine rings is 1. The molecule has 4 fully saturated rings. The van der Waals surface area contributed by atoms with Crippen molar-refractivity contribution in [2.75, 3.05) is 64.5 Å². The lowest BCUT2D eigenvalue weighted by Crippen LogP contribution is -2.43. The number of likely N-dealkylation sites (N-methyl/N-ethyl adjacent to an activating group) is 1. The van der Waals surface area contributed by atoms with Crippen molar-refractivity contribution in [1.82, 2.24) is 30.1 Å². The maximum atomic E-state index is 16.8. The quantitative estimate of drug-likeness (QED) is 0.289. The van der Waals surface area contributed by atoms with Gasteiger partial charge in [0.05, 0.1) is 30.2 Å². The molecule has 4 saturated heterocycles. The number of alkyl halides is 1. The zero-order valence-electron chi connectivity index (χ0n) is 27.8. The number of hydrogen-bond acceptors (Lipinski definition) is 9. The second-order valence-electron chi connectivity index (χ2n) is 13.7. The summed E-state index contributed by atoms with van der Waals surface area (Å²) in [5, 5.41) is 5.69. The van der Waals surface area contributed by atoms with Crippen LogP contribution in [-0.2, 0) is 9.53 Å². The summed E-state index contributed by atoms with van der Waals surface area (Å²) < 4.78 is 43.1. The number of rotatable bonds is 6. The Morgan fingerprint density at radius 1 is 1.22 bits per heavy atom. The summed E-state index contributed by atoms with van der Waals surface area (Å²) >= 11 is 6.62. The fraction of sp³-hybridized carbons (Fsp3) is 0.459. The molecule has 0 radical (unpaired) electrons. The largest absolute Gasteiger partial charge is 0.461 e. The number of halogens is 3. The third-order valence-corrected chi connectivity index (χ3v) is 10.9. The van der Waals surface area contributed by atoms with Gasteiger partial charge in [0, 0.05) is 67.9 Å². The van der Waals surface area contributed by atoms with Crippen molar-refractivity contribution >= 4 is 45.0 Å². The van der Waals surface area contributed by atoms with Crippen molar-refractivity contribution in [3.63, 3.8) is 0 Å². The first-order valence-electron chi connectivity index (χ1n) is 17.2. The molecule has 4 aliphatic rings. The van der Waals surface area contributed by atoms with Crippen LogP contribution in [0.4, 0.5) is 14.6 Å². The average Bonchev–Trinajstić information content (AvgIpc) is 3.85. The number of aromatic nitrogens is 3. The summed E-state index contributed by atoms with van der Waals surface area (Å²) in [5.41, 5.74) is 0.281. The van der Waals surface area contributed by atoms with Gasteiger partial charge in [-0.2, -0.15) is 9.97 Å². The van der Waals surface area contributed by atoms with E-state index in [1.807, 2.05) is 36.2 Å². The van der Waals surface area contributed by atoms with E-state index < -0.39 is 17.5 Å². The number of amides is 1. The topological polar surface area (TPSA) is 96.0 Å². The summed E-state index contributed by atoms with van der Waals surface area (Å²) in [7, 11) is 1.87. The molecule has 1 N–H and O–H groups in total. The van der Waals surface area contributed by atoms with Crippen molar-refractivity contribution in [2.45, 2.75) is 49.5 Å². The molecule has 0 spiro atoms. The van der Waals surface area contributed by atoms with Crippen molar-refractivity contribution in [2.24, 2.45) is 0 Å². The molecular weight excluding hydrogens is 664 g/mol. The second kappa shape index (κ2) is 13.5. The van der Waals surface area contributed by atoms with E-state index >= 15 is 4.39 Å². The van der Waals surface area contributed by atoms with Gasteiger partial charge in [0.2, 0.25) is 0 Å². The molecule has 260 valence electrons. The molecule has 10 nitrogen and oxygen atoms in total. The molecule has 0 aliphatic carbocycles. The van der Waals surface area contributed by atoms with Gasteiger partial charge in [0.1, 0.15) is 29.8 Å². The van der Waals surface area contributed by atoms with E-state index in [1.54, 1.807) is 23.2 Å². The zero-order chi connectivity index (χ0) is 34.4. The number of pyridine rings is 1. The van der Waals surface area contributed by atoms with Gasteiger partial charge in [-0.05, 0) is 43.2 Å². The summed E-state index contributed by atoms with van der Waals surface area (Å²) in [4.78, 5) is 32.9. The first-order valence-corrected chi connectivity index (χ1v) is 17.6. The minimum atomic E-state index is -0.915. The number of likely N-dealkylation sites (tertiary alicyclic amines) is 1. The van der Waals surface area contributed by atoms with Gasteiger partial charge in [0.15, 0.2) is 5.82 Å². The highest BCUT2D eigenvalue weighted by atomic mass is 35.5. The van der Waals surface area contributed by atoms with Crippen LogP contribution in [0.2, 0.25) is 5.02 Å². The standard InChI is InChI=1S/C37H38ClF2N7O3/c1-45(26-11-15-46(20-26)30(48)10-9-25-21-49-16-13-41-25)35-28-18-42-33(27-7-2-5-23-6-3-8-29(38)31(23)27)32(40)34(28)43-36(44-35)50-22-37-12-4-14-47(37)19-24(39)17-37/h2-3,5-8,18,24-26,41H,4,11-17,19-22H2,1H3/t24-,25?,26-,37+/m1/s1. The number of carbonyl (C=O) groups excluding carboxylic acids is 1. The molecule has 4 atom stereocenters. The third-order valence-electron chi connectivity index (χ3n) is 10.6. The average molecular weight is 702 g/mol. The lowest BCUT2D eigenvalue weighted by Gasteiger charge is -2.31. The Balaban J connectivity index is 1.14. The van der Waals surface area contributed by atoms with Crippen LogP contribution in [0.25, 0.3) is 32.9 Å². The molecule has 13 heteroatoms. The van der Waals surface area contributed by atoms with Crippen molar-refractivity contribution in [3.8, 4) is 29.1 Å². The number of benzene rings is 2. The lowest BCUT2D eigenvalue weighted by molar-refractivity contribution is -0.124. The van der Waals surface area contributed by atoms with Crippen LogP contribution >= 0.6 is 11.6 Å². The Kier molecular flexibility index (Phi) is 8.93. The minimum absolute atomic E-state index is 0.00822. The Labute approximate surface area is 294 Å². The fourth-order valence-electron chi connectivity index (χ4n) is 7.98. The molecule has 1 unspecified atom stereocenters. The molecule has 6 heterocycles. The van der Waals surface area contributed by atoms with E-state index in [1.165, 1.54) is 0 Å². The maximum absolute atomic E-state index is 16.8. The summed E-state index contributed by atoms with van der Waals surface area (Å²) in [6.07, 6.45) is 3.50. The van der Waals surface area contributed by atoms with Gasteiger partial charge in [-0.15, -0.1) is 0 Å². The second-order valence-corrected chi connectivity index (χ2v) is 14.1. The van der Waals surface area contributed by atoms with Crippen LogP contribution in [0.3, 0.4) is 0 Å². The maximum Gasteiger partial charge on any atom is 0.319 e. The Morgan fingerprint density at radius 3 is 2.92 bits per heavy atom. The van der Waals surface area contributed by atoms with Gasteiger partial charge < -0.3 is 19.3 Å². The fourth-order valence-corrected chi connectivity index (χ4v) is 8.27. The van der Waals surface area contributed by atoms with Gasteiger partial charge in [-0.25, -0.2) is 8.78 Å². The first-order chi connectivity index (χ1) is 24.3. The molecule has 1 amide bonds. The van der Waals surface area contributed by atoms with E-state index in [2.05, 4.69) is 32.0 Å². The first kappa shape index (κ1) is 33.0. The number of ether oxygens (including phenoxy) is 2. The SMILES string of the molecule is CN(c1nc(OC[C@@]23CCCN2C[C@H](F)C3)nc2c(F)c(-c3cccc4cccc(Cl)c34)ncc12)[C@@H]1CCN(C(=O)C#CC2COCCN2)C1. The predicted molar refractivity (Wildman–Crippen MR) is 188 cm³/mol. The summed E-state index contributed by atoms with van der Waals surface area (Å²) in [6, 6.07) is 10.8. The highest BCUT2D eigenvalue weighted by Crippen LogP contribution is 2.41. The number of fused-ring (bicyclic) bond motifs is 3. The van der Waals surface area contributed by atoms with Crippen LogP contribution in [-0.4, -0.2) is 114 Å². The van der Waals surface area contributed by atoms with E-state index in [0.717, 1.165) is 24.8 Å². The van der Waals surface area contributed by atoms with E-state index in [0.29, 0.717) is 79.4 Å². The molecule has 0 bridgehead atoms. The normalized spacial score (nSPS) is 25.1. The highest BCUT2D eigenvalue weighted by molar-refractivity contribution is 6.36. The number of anilines is 1. The molecule has 50 heavy (non-hydrogen) atoms. The molecule has 0 saturated carbocycles. The van der Waals surface area contributed by atoms with Gasteiger partial charge in [-0.3, -0.25) is 20.0 Å². The van der Waals surface area contributed by atoms with E-state index in [4.69, 9.17) is 26.1 Å². The minimum Gasteiger partial charge on any atom is -0.461 e. The molecular formula is C37H38ClF2N7O3. The Bertz CT molecular complexity index is 2010. The molecule has 4 aliphatic heterocycles. The Morgan fingerprint density at radius 2 is 2.08 bits per heavy atom. The monoisotopic (exact) mass is 701 g/mol. The summed E-state index contributed by atoms with van der Waals surface area (Å²) in [6.45, 7) is 4.12. The number of nitrogens with one attached hydrogen (secondary N) is 1. The number of carbonyl (C=O) groups is 1. The summed E-state index contributed by atoms with van der Waals surface area (Å²) in [5.74, 6) is 5.32. The van der Waals surface area contributed by atoms with Gasteiger partial charge >= 0.3 is 6.01 Å². The van der Waals surface area contributed by atoms with Crippen molar-refractivity contribution in [1.29, 1.82) is 0 Å². The highest BCUT2D eigenvalue weighted by Gasteiger charge is 2.49. The van der Waals surface area contributed by atoms with Crippen LogP contribution in [0.1, 0.15) is 25.7 Å². The third kappa shape index (κ3) is 6.10. The van der Waals surface area contributed by atoms with Gasteiger partial charge in [0.25, 0.3) is 5.91 Å². The molecule has 8 rings (SSSR count). The van der Waals surface area contributed by atoms with Gasteiger partial charge in [-0.1, -0.05) is 47.9 Å².